The van der Waals surface area contributed by atoms with Crippen LogP contribution in [0.1, 0.15) is 33.6 Å². The van der Waals surface area contributed by atoms with Crippen LogP contribution in [-0.4, -0.2) is 18.3 Å². The van der Waals surface area contributed by atoms with Crippen molar-refractivity contribution in [2.45, 2.75) is 45.3 Å². The molecule has 2 atom stereocenters. The maximum absolute atomic E-state index is 5.43. The van der Waals surface area contributed by atoms with Gasteiger partial charge >= 0.3 is 0 Å². The molecule has 68 valence electrons. The highest BCUT2D eigenvalue weighted by molar-refractivity contribution is 7.80. The fourth-order valence-corrected chi connectivity index (χ4v) is 0.846. The Labute approximate surface area is 74.7 Å². The Balaban J connectivity index is 3.49. The van der Waals surface area contributed by atoms with Gasteiger partial charge in [0.05, 0.1) is 0 Å². The van der Waals surface area contributed by atoms with Gasteiger partial charge in [0.25, 0.3) is 0 Å². The van der Waals surface area contributed by atoms with Gasteiger partial charge in [0.15, 0.2) is 6.29 Å². The van der Waals surface area contributed by atoms with Crippen LogP contribution in [0.5, 0.6) is 0 Å². The summed E-state index contributed by atoms with van der Waals surface area (Å²) in [5.41, 5.74) is 0.00602. The Bertz CT molecular complexity index is 88.2. The Morgan fingerprint density at radius 2 is 1.82 bits per heavy atom. The van der Waals surface area contributed by atoms with E-state index < -0.39 is 0 Å². The van der Waals surface area contributed by atoms with Crippen LogP contribution in [-0.2, 0) is 9.47 Å². The summed E-state index contributed by atoms with van der Waals surface area (Å²) in [5.74, 6) is 0. The number of hydrogen-bond donors (Lipinski definition) is 1. The molecule has 0 fully saturated rings. The summed E-state index contributed by atoms with van der Waals surface area (Å²) < 4.78 is 10.7. The van der Waals surface area contributed by atoms with Gasteiger partial charge in [-0.1, -0.05) is 13.8 Å². The Morgan fingerprint density at radius 3 is 2.18 bits per heavy atom. The molecule has 0 aromatic carbocycles. The third-order valence-corrected chi connectivity index (χ3v) is 1.83. The highest BCUT2D eigenvalue weighted by atomic mass is 32.1. The molecule has 0 heterocycles. The largest absolute Gasteiger partial charge is 0.353 e. The number of thiol groups is 1. The van der Waals surface area contributed by atoms with E-state index in [2.05, 4.69) is 12.6 Å². The van der Waals surface area contributed by atoms with Crippen LogP contribution in [0.25, 0.3) is 0 Å². The van der Waals surface area contributed by atoms with Crippen molar-refractivity contribution in [3.63, 3.8) is 0 Å². The fraction of sp³-hybridized carbons (Fsp3) is 1.00. The van der Waals surface area contributed by atoms with E-state index in [1.165, 1.54) is 0 Å². The second kappa shape index (κ2) is 6.95. The van der Waals surface area contributed by atoms with Crippen molar-refractivity contribution in [2.75, 3.05) is 6.61 Å². The van der Waals surface area contributed by atoms with E-state index in [9.17, 15) is 0 Å². The van der Waals surface area contributed by atoms with Crippen LogP contribution in [0.3, 0.4) is 0 Å². The first-order chi connectivity index (χ1) is 5.24. The summed E-state index contributed by atoms with van der Waals surface area (Å²) in [7, 11) is 0. The molecule has 0 amide bonds. The maximum Gasteiger partial charge on any atom is 0.158 e. The number of rotatable bonds is 6. The Hall–Kier alpha value is 0.270. The van der Waals surface area contributed by atoms with E-state index in [0.29, 0.717) is 6.61 Å². The van der Waals surface area contributed by atoms with Gasteiger partial charge in [0.2, 0.25) is 0 Å². The predicted octanol–water partition coefficient (Wildman–Crippen LogP) is 2.44. The van der Waals surface area contributed by atoms with Crippen molar-refractivity contribution in [1.29, 1.82) is 0 Å². The van der Waals surface area contributed by atoms with Gasteiger partial charge < -0.3 is 9.47 Å². The van der Waals surface area contributed by atoms with Crippen molar-refractivity contribution in [1.82, 2.24) is 0 Å². The van der Waals surface area contributed by atoms with Gasteiger partial charge in [-0.3, -0.25) is 0 Å². The predicted molar refractivity (Wildman–Crippen MR) is 49.9 cm³/mol. The molecular formula is C8H18O2S. The minimum atomic E-state index is -0.0811. The topological polar surface area (TPSA) is 18.5 Å². The molecule has 0 aliphatic carbocycles. The number of ether oxygens (including phenoxy) is 2. The maximum atomic E-state index is 5.43. The molecule has 2 unspecified atom stereocenters. The molecule has 0 aliphatic rings. The van der Waals surface area contributed by atoms with Crippen molar-refractivity contribution >= 4 is 12.6 Å². The molecule has 0 rings (SSSR count). The average Bonchev–Trinajstić information content (AvgIpc) is 2.03. The molecule has 11 heavy (non-hydrogen) atoms. The lowest BCUT2D eigenvalue weighted by molar-refractivity contribution is -0.148. The fourth-order valence-electron chi connectivity index (χ4n) is 0.711. The molecule has 0 spiro atoms. The van der Waals surface area contributed by atoms with Crippen molar-refractivity contribution in [3.05, 3.63) is 0 Å². The molecule has 0 radical (unpaired) electrons. The van der Waals surface area contributed by atoms with Gasteiger partial charge in [0, 0.05) is 6.61 Å². The normalized spacial score (nSPS) is 16.4. The molecule has 0 bridgehead atoms. The van der Waals surface area contributed by atoms with Crippen LogP contribution >= 0.6 is 12.6 Å². The molecule has 0 saturated carbocycles. The minimum absolute atomic E-state index is 0.00602. The number of hydrogen-bond acceptors (Lipinski definition) is 3. The quantitative estimate of drug-likeness (QED) is 0.497. The zero-order chi connectivity index (χ0) is 8.69. The third kappa shape index (κ3) is 5.53. The molecular weight excluding hydrogens is 160 g/mol. The van der Waals surface area contributed by atoms with Crippen LogP contribution in [0.4, 0.5) is 0 Å². The van der Waals surface area contributed by atoms with Crippen LogP contribution < -0.4 is 0 Å². The first-order valence-corrected chi connectivity index (χ1v) is 4.71. The van der Waals surface area contributed by atoms with E-state index in [-0.39, 0.29) is 11.7 Å². The zero-order valence-corrected chi connectivity index (χ0v) is 8.43. The first-order valence-electron chi connectivity index (χ1n) is 4.19. The molecule has 0 N–H and O–H groups in total. The van der Waals surface area contributed by atoms with E-state index in [1.54, 1.807) is 0 Å². The van der Waals surface area contributed by atoms with Gasteiger partial charge in [-0.2, -0.15) is 0 Å². The average molecular weight is 178 g/mol. The van der Waals surface area contributed by atoms with Gasteiger partial charge in [0.1, 0.15) is 5.44 Å². The van der Waals surface area contributed by atoms with Crippen LogP contribution in [0.15, 0.2) is 0 Å². The summed E-state index contributed by atoms with van der Waals surface area (Å²) >= 11 is 4.21. The Kier molecular flexibility index (Phi) is 7.12. The molecule has 0 saturated heterocycles. The Morgan fingerprint density at radius 1 is 1.18 bits per heavy atom. The SMILES string of the molecule is CCOC(CC)OC(S)CC. The van der Waals surface area contributed by atoms with Crippen LogP contribution in [0, 0.1) is 0 Å². The summed E-state index contributed by atoms with van der Waals surface area (Å²) in [4.78, 5) is 0. The highest BCUT2D eigenvalue weighted by Crippen LogP contribution is 2.09. The zero-order valence-electron chi connectivity index (χ0n) is 7.54. The molecule has 3 heteroatoms. The second-order valence-electron chi connectivity index (χ2n) is 2.29. The molecule has 0 aromatic heterocycles. The van der Waals surface area contributed by atoms with E-state index in [1.807, 2.05) is 20.8 Å². The van der Waals surface area contributed by atoms with Crippen molar-refractivity contribution in [2.24, 2.45) is 0 Å². The van der Waals surface area contributed by atoms with E-state index in [4.69, 9.17) is 9.47 Å². The minimum Gasteiger partial charge on any atom is -0.353 e. The third-order valence-electron chi connectivity index (χ3n) is 1.34. The first kappa shape index (κ1) is 11.3. The molecule has 0 aromatic rings. The summed E-state index contributed by atoms with van der Waals surface area (Å²) in [6.45, 7) is 6.74. The van der Waals surface area contributed by atoms with Crippen LogP contribution in [0.2, 0.25) is 0 Å². The summed E-state index contributed by atoms with van der Waals surface area (Å²) in [5, 5.41) is 0. The molecule has 0 aliphatic heterocycles. The summed E-state index contributed by atoms with van der Waals surface area (Å²) in [6.07, 6.45) is 1.71. The summed E-state index contributed by atoms with van der Waals surface area (Å²) in [6, 6.07) is 0. The van der Waals surface area contributed by atoms with Gasteiger partial charge in [-0.25, -0.2) is 0 Å². The lowest BCUT2D eigenvalue weighted by Crippen LogP contribution is -2.20. The smallest absolute Gasteiger partial charge is 0.158 e. The highest BCUT2D eigenvalue weighted by Gasteiger charge is 2.09. The lowest BCUT2D eigenvalue weighted by atomic mass is 10.4. The lowest BCUT2D eigenvalue weighted by Gasteiger charge is -2.19. The van der Waals surface area contributed by atoms with Crippen molar-refractivity contribution < 1.29 is 9.47 Å². The van der Waals surface area contributed by atoms with E-state index in [0.717, 1.165) is 12.8 Å². The van der Waals surface area contributed by atoms with Crippen molar-refractivity contribution in [3.8, 4) is 0 Å². The molecule has 2 nitrogen and oxygen atoms in total. The standard InChI is InChI=1S/C8H18O2S/c1-4-7(9-6-3)10-8(11)5-2/h7-8,11H,4-6H2,1-3H3. The second-order valence-corrected chi connectivity index (χ2v) is 2.87. The van der Waals surface area contributed by atoms with Gasteiger partial charge in [-0.05, 0) is 19.8 Å². The van der Waals surface area contributed by atoms with E-state index >= 15 is 0 Å². The monoisotopic (exact) mass is 178 g/mol. The van der Waals surface area contributed by atoms with Gasteiger partial charge in [-0.15, -0.1) is 12.6 Å².